The van der Waals surface area contributed by atoms with Crippen LogP contribution in [0, 0.1) is 5.82 Å². The number of hydrogen-bond donors (Lipinski definition) is 1. The zero-order chi connectivity index (χ0) is 21.3. The van der Waals surface area contributed by atoms with Gasteiger partial charge < -0.3 is 5.32 Å². The Kier molecular flexibility index (Phi) is 5.46. The van der Waals surface area contributed by atoms with Crippen molar-refractivity contribution in [2.24, 2.45) is 0 Å². The van der Waals surface area contributed by atoms with E-state index < -0.39 is 29.6 Å². The number of nitrogens with zero attached hydrogens (tertiary/aromatic N) is 1. The molecule has 0 bridgehead atoms. The van der Waals surface area contributed by atoms with Crippen molar-refractivity contribution in [3.05, 3.63) is 99.8 Å². The average molecular weight is 467 g/mol. The molecule has 0 aliphatic carbocycles. The van der Waals surface area contributed by atoms with Crippen molar-refractivity contribution in [1.82, 2.24) is 4.90 Å². The number of benzene rings is 3. The molecule has 1 N–H and O–H groups in total. The highest BCUT2D eigenvalue weighted by atomic mass is 79.9. The van der Waals surface area contributed by atoms with Gasteiger partial charge in [0.05, 0.1) is 16.8 Å². The zero-order valence-electron chi connectivity index (χ0n) is 15.6. The molecule has 1 heterocycles. The lowest BCUT2D eigenvalue weighted by Gasteiger charge is -2.25. The fourth-order valence-electron chi connectivity index (χ4n) is 3.44. The summed E-state index contributed by atoms with van der Waals surface area (Å²) in [7, 11) is 0. The normalized spacial score (nSPS) is 13.9. The quantitative estimate of drug-likeness (QED) is 0.565. The second-order valence-corrected chi connectivity index (χ2v) is 7.70. The Morgan fingerprint density at radius 3 is 2.13 bits per heavy atom. The second-order valence-electron chi connectivity index (χ2n) is 6.84. The molecule has 4 rings (SSSR count). The minimum Gasteiger partial charge on any atom is -0.323 e. The van der Waals surface area contributed by atoms with Gasteiger partial charge in [-0.1, -0.05) is 42.5 Å². The average Bonchev–Trinajstić information content (AvgIpc) is 3.00. The van der Waals surface area contributed by atoms with E-state index in [0.29, 0.717) is 10.2 Å². The molecule has 0 spiro atoms. The number of nitrogens with one attached hydrogen (secondary N) is 1. The zero-order valence-corrected chi connectivity index (χ0v) is 17.2. The molecule has 3 amide bonds. The summed E-state index contributed by atoms with van der Waals surface area (Å²) < 4.78 is 13.7. The predicted molar refractivity (Wildman–Crippen MR) is 114 cm³/mol. The summed E-state index contributed by atoms with van der Waals surface area (Å²) in [5.74, 6) is -2.02. The molecule has 150 valence electrons. The van der Waals surface area contributed by atoms with E-state index in [-0.39, 0.29) is 17.5 Å². The van der Waals surface area contributed by atoms with Crippen LogP contribution in [0.2, 0.25) is 0 Å². The monoisotopic (exact) mass is 466 g/mol. The molecular weight excluding hydrogens is 451 g/mol. The van der Waals surface area contributed by atoms with E-state index in [1.165, 1.54) is 18.2 Å². The van der Waals surface area contributed by atoms with Gasteiger partial charge in [0.15, 0.2) is 0 Å². The van der Waals surface area contributed by atoms with Crippen LogP contribution < -0.4 is 5.32 Å². The smallest absolute Gasteiger partial charge is 0.262 e. The number of imide groups is 1. The van der Waals surface area contributed by atoms with Crippen LogP contribution in [0.25, 0.3) is 0 Å². The topological polar surface area (TPSA) is 66.5 Å². The number of halogens is 2. The Morgan fingerprint density at radius 1 is 0.933 bits per heavy atom. The lowest BCUT2D eigenvalue weighted by molar-refractivity contribution is -0.119. The number of anilines is 1. The maximum Gasteiger partial charge on any atom is 0.262 e. The molecule has 30 heavy (non-hydrogen) atoms. The first-order chi connectivity index (χ1) is 14.5. The number of hydrogen-bond acceptors (Lipinski definition) is 3. The Labute approximate surface area is 180 Å². The van der Waals surface area contributed by atoms with Gasteiger partial charge in [0.2, 0.25) is 5.91 Å². The molecule has 0 fully saturated rings. The molecular formula is C23H16BrFN2O3. The van der Waals surface area contributed by atoms with Crippen molar-refractivity contribution in [3.8, 4) is 0 Å². The van der Waals surface area contributed by atoms with Gasteiger partial charge in [-0.3, -0.25) is 19.3 Å². The van der Waals surface area contributed by atoms with Gasteiger partial charge in [-0.15, -0.1) is 0 Å². The lowest BCUT2D eigenvalue weighted by atomic mass is 10.0. The highest BCUT2D eigenvalue weighted by Crippen LogP contribution is 2.28. The summed E-state index contributed by atoms with van der Waals surface area (Å²) in [6, 6.07) is 18.4. The van der Waals surface area contributed by atoms with Gasteiger partial charge in [-0.05, 0) is 51.8 Å². The van der Waals surface area contributed by atoms with Gasteiger partial charge >= 0.3 is 0 Å². The van der Waals surface area contributed by atoms with Crippen molar-refractivity contribution < 1.29 is 18.8 Å². The van der Waals surface area contributed by atoms with Gasteiger partial charge in [-0.2, -0.15) is 0 Å². The largest absolute Gasteiger partial charge is 0.323 e. The van der Waals surface area contributed by atoms with Crippen LogP contribution in [0.5, 0.6) is 0 Å². The second kappa shape index (κ2) is 8.20. The van der Waals surface area contributed by atoms with E-state index in [1.807, 2.05) is 30.3 Å². The molecule has 0 saturated carbocycles. The van der Waals surface area contributed by atoms with E-state index in [4.69, 9.17) is 0 Å². The summed E-state index contributed by atoms with van der Waals surface area (Å²) in [5.41, 5.74) is 1.69. The number of carbonyl (C=O) groups excluding carboxylic acids is 3. The molecule has 0 aromatic heterocycles. The molecule has 7 heteroatoms. The Balaban J connectivity index is 1.69. The maximum atomic E-state index is 13.4. The molecule has 1 unspecified atom stereocenters. The fraction of sp³-hybridized carbons (Fsp3) is 0.0870. The van der Waals surface area contributed by atoms with Gasteiger partial charge in [0.25, 0.3) is 11.8 Å². The van der Waals surface area contributed by atoms with Crippen molar-refractivity contribution in [2.75, 3.05) is 5.32 Å². The van der Waals surface area contributed by atoms with Crippen molar-refractivity contribution in [2.45, 2.75) is 12.5 Å². The van der Waals surface area contributed by atoms with E-state index in [2.05, 4.69) is 21.2 Å². The first kappa shape index (κ1) is 20.0. The minimum atomic E-state index is -1.07. The van der Waals surface area contributed by atoms with Crippen molar-refractivity contribution >= 4 is 39.3 Å². The number of carbonyl (C=O) groups is 3. The molecule has 0 saturated heterocycles. The SMILES string of the molecule is O=C(Nc1ccc(F)cc1Br)C(Cc1ccccc1)N1C(=O)c2ccccc2C1=O. The first-order valence-electron chi connectivity index (χ1n) is 9.22. The number of amides is 3. The van der Waals surface area contributed by atoms with Gasteiger partial charge in [0, 0.05) is 10.9 Å². The summed E-state index contributed by atoms with van der Waals surface area (Å²) in [4.78, 5) is 40.2. The maximum absolute atomic E-state index is 13.4. The van der Waals surface area contributed by atoms with Crippen LogP contribution in [0.4, 0.5) is 10.1 Å². The van der Waals surface area contributed by atoms with E-state index in [9.17, 15) is 18.8 Å². The summed E-state index contributed by atoms with van der Waals surface area (Å²) in [6.45, 7) is 0. The number of rotatable bonds is 5. The van der Waals surface area contributed by atoms with Crippen molar-refractivity contribution in [1.29, 1.82) is 0 Å². The standard InChI is InChI=1S/C23H16BrFN2O3/c24-18-13-15(25)10-11-19(18)26-21(28)20(12-14-6-2-1-3-7-14)27-22(29)16-8-4-5-9-17(16)23(27)30/h1-11,13,20H,12H2,(H,26,28). The Bertz CT molecular complexity index is 1120. The molecule has 1 atom stereocenters. The third kappa shape index (κ3) is 3.76. The van der Waals surface area contributed by atoms with Crippen LogP contribution in [0.3, 0.4) is 0 Å². The van der Waals surface area contributed by atoms with E-state index in [0.717, 1.165) is 10.5 Å². The molecule has 3 aromatic rings. The van der Waals surface area contributed by atoms with Crippen LogP contribution in [0.15, 0.2) is 77.3 Å². The predicted octanol–water partition coefficient (Wildman–Crippen LogP) is 4.43. The van der Waals surface area contributed by atoms with Crippen LogP contribution in [-0.4, -0.2) is 28.7 Å². The van der Waals surface area contributed by atoms with Gasteiger partial charge in [0.1, 0.15) is 11.9 Å². The third-order valence-electron chi connectivity index (χ3n) is 4.90. The van der Waals surface area contributed by atoms with E-state index >= 15 is 0 Å². The Hall–Kier alpha value is -3.32. The van der Waals surface area contributed by atoms with Crippen LogP contribution >= 0.6 is 15.9 Å². The molecule has 5 nitrogen and oxygen atoms in total. The third-order valence-corrected chi connectivity index (χ3v) is 5.56. The molecule has 3 aromatic carbocycles. The van der Waals surface area contributed by atoms with Crippen LogP contribution in [0.1, 0.15) is 26.3 Å². The Morgan fingerprint density at radius 2 is 1.53 bits per heavy atom. The molecule has 1 aliphatic heterocycles. The highest BCUT2D eigenvalue weighted by molar-refractivity contribution is 9.10. The summed E-state index contributed by atoms with van der Waals surface area (Å²) in [6.07, 6.45) is 0.150. The first-order valence-corrected chi connectivity index (χ1v) is 10.0. The molecule has 1 aliphatic rings. The highest BCUT2D eigenvalue weighted by Gasteiger charge is 2.42. The molecule has 0 radical (unpaired) electrons. The lowest BCUT2D eigenvalue weighted by Crippen LogP contribution is -2.48. The van der Waals surface area contributed by atoms with Gasteiger partial charge in [-0.25, -0.2) is 4.39 Å². The van der Waals surface area contributed by atoms with E-state index in [1.54, 1.807) is 24.3 Å². The summed E-state index contributed by atoms with van der Waals surface area (Å²) >= 11 is 3.22. The number of fused-ring (bicyclic) bond motifs is 1. The van der Waals surface area contributed by atoms with Crippen LogP contribution in [-0.2, 0) is 11.2 Å². The minimum absolute atomic E-state index is 0.150. The van der Waals surface area contributed by atoms with Crippen molar-refractivity contribution in [3.63, 3.8) is 0 Å². The summed E-state index contributed by atoms with van der Waals surface area (Å²) in [5, 5.41) is 2.70. The fourth-order valence-corrected chi connectivity index (χ4v) is 3.89.